The first-order valence-electron chi connectivity index (χ1n) is 8.41. The van der Waals surface area contributed by atoms with Crippen LogP contribution in [0.15, 0.2) is 30.3 Å². The maximum Gasteiger partial charge on any atom is 0.408 e. The fourth-order valence-corrected chi connectivity index (χ4v) is 2.38. The van der Waals surface area contributed by atoms with Gasteiger partial charge in [0.2, 0.25) is 0 Å². The molecule has 0 heterocycles. The van der Waals surface area contributed by atoms with Gasteiger partial charge in [-0.2, -0.15) is 0 Å². The molecule has 1 aromatic carbocycles. The Morgan fingerprint density at radius 3 is 2.28 bits per heavy atom. The van der Waals surface area contributed by atoms with Crippen molar-refractivity contribution in [3.8, 4) is 0 Å². The standard InChI is InChI=1S/C19H27NO5/c1-13(2)10-16(17(21)11-14(3)18(22)24-4)20-19(23)25-12-15-8-6-5-7-9-15/h5-9,13-14,16H,10-12H2,1-4H3,(H,20,23)/t14-,16+/m1/s1. The van der Waals surface area contributed by atoms with Crippen molar-refractivity contribution in [2.75, 3.05) is 7.11 Å². The maximum absolute atomic E-state index is 12.4. The van der Waals surface area contributed by atoms with Gasteiger partial charge in [0.15, 0.2) is 5.78 Å². The molecule has 25 heavy (non-hydrogen) atoms. The van der Waals surface area contributed by atoms with Gasteiger partial charge in [0, 0.05) is 6.42 Å². The van der Waals surface area contributed by atoms with Crippen molar-refractivity contribution in [1.82, 2.24) is 5.32 Å². The number of esters is 1. The summed E-state index contributed by atoms with van der Waals surface area (Å²) in [6.07, 6.45) is -0.149. The summed E-state index contributed by atoms with van der Waals surface area (Å²) in [5.74, 6) is -0.988. The van der Waals surface area contributed by atoms with E-state index in [1.54, 1.807) is 6.92 Å². The quantitative estimate of drug-likeness (QED) is 0.693. The van der Waals surface area contributed by atoms with E-state index in [1.165, 1.54) is 7.11 Å². The second-order valence-electron chi connectivity index (χ2n) is 6.48. The molecular weight excluding hydrogens is 322 g/mol. The Hall–Kier alpha value is -2.37. The van der Waals surface area contributed by atoms with E-state index in [9.17, 15) is 14.4 Å². The molecule has 0 aliphatic rings. The number of benzene rings is 1. The number of carbonyl (C=O) groups is 3. The van der Waals surface area contributed by atoms with Gasteiger partial charge in [-0.15, -0.1) is 0 Å². The molecule has 1 rings (SSSR count). The molecule has 1 amide bonds. The number of alkyl carbamates (subject to hydrolysis) is 1. The van der Waals surface area contributed by atoms with Crippen molar-refractivity contribution in [1.29, 1.82) is 0 Å². The van der Waals surface area contributed by atoms with Crippen LogP contribution in [0.2, 0.25) is 0 Å². The number of ether oxygens (including phenoxy) is 2. The van der Waals surface area contributed by atoms with Crippen LogP contribution in [-0.2, 0) is 25.7 Å². The predicted octanol–water partition coefficient (Wildman–Crippen LogP) is 3.10. The Bertz CT molecular complexity index is 570. The molecule has 0 fully saturated rings. The second-order valence-corrected chi connectivity index (χ2v) is 6.48. The zero-order valence-corrected chi connectivity index (χ0v) is 15.3. The SMILES string of the molecule is COC(=O)[C@H](C)CC(=O)[C@H](CC(C)C)NC(=O)OCc1ccccc1. The highest BCUT2D eigenvalue weighted by Gasteiger charge is 2.26. The molecule has 2 atom stereocenters. The summed E-state index contributed by atoms with van der Waals surface area (Å²) < 4.78 is 9.81. The first-order valence-corrected chi connectivity index (χ1v) is 8.41. The normalized spacial score (nSPS) is 13.0. The van der Waals surface area contributed by atoms with E-state index in [-0.39, 0.29) is 24.7 Å². The number of ketones is 1. The Balaban J connectivity index is 2.60. The minimum atomic E-state index is -0.685. The summed E-state index contributed by atoms with van der Waals surface area (Å²) in [5.41, 5.74) is 0.865. The second kappa shape index (κ2) is 10.5. The Kier molecular flexibility index (Phi) is 8.67. The van der Waals surface area contributed by atoms with Crippen molar-refractivity contribution >= 4 is 17.8 Å². The molecule has 0 saturated carbocycles. The molecule has 0 radical (unpaired) electrons. The van der Waals surface area contributed by atoms with Gasteiger partial charge in [-0.05, 0) is 17.9 Å². The molecule has 1 N–H and O–H groups in total. The Labute approximate surface area is 148 Å². The van der Waals surface area contributed by atoms with Gasteiger partial charge in [0.1, 0.15) is 6.61 Å². The lowest BCUT2D eigenvalue weighted by Gasteiger charge is -2.20. The largest absolute Gasteiger partial charge is 0.469 e. The number of rotatable bonds is 9. The molecule has 0 aliphatic heterocycles. The molecule has 0 unspecified atom stereocenters. The van der Waals surface area contributed by atoms with Crippen molar-refractivity contribution in [3.05, 3.63) is 35.9 Å². The summed E-state index contributed by atoms with van der Waals surface area (Å²) >= 11 is 0. The zero-order chi connectivity index (χ0) is 18.8. The van der Waals surface area contributed by atoms with Crippen LogP contribution < -0.4 is 5.32 Å². The van der Waals surface area contributed by atoms with Crippen LogP contribution >= 0.6 is 0 Å². The Morgan fingerprint density at radius 1 is 1.08 bits per heavy atom. The van der Waals surface area contributed by atoms with E-state index >= 15 is 0 Å². The number of Topliss-reactive ketones (excluding diaryl/α,β-unsaturated/α-hetero) is 1. The number of amides is 1. The van der Waals surface area contributed by atoms with Crippen molar-refractivity contribution in [2.24, 2.45) is 11.8 Å². The smallest absolute Gasteiger partial charge is 0.408 e. The first-order chi connectivity index (χ1) is 11.8. The summed E-state index contributed by atoms with van der Waals surface area (Å²) in [6.45, 7) is 5.68. The van der Waals surface area contributed by atoms with Gasteiger partial charge in [-0.3, -0.25) is 9.59 Å². The van der Waals surface area contributed by atoms with E-state index in [0.717, 1.165) is 5.56 Å². The van der Waals surface area contributed by atoms with Crippen LogP contribution in [0, 0.1) is 11.8 Å². The van der Waals surface area contributed by atoms with Crippen LogP contribution in [0.5, 0.6) is 0 Å². The van der Waals surface area contributed by atoms with E-state index in [1.807, 2.05) is 44.2 Å². The molecule has 138 valence electrons. The highest BCUT2D eigenvalue weighted by Crippen LogP contribution is 2.13. The number of hydrogen-bond donors (Lipinski definition) is 1. The third-order valence-electron chi connectivity index (χ3n) is 3.71. The van der Waals surface area contributed by atoms with E-state index in [2.05, 4.69) is 10.1 Å². The average molecular weight is 349 g/mol. The third-order valence-corrected chi connectivity index (χ3v) is 3.71. The molecule has 0 saturated heterocycles. The van der Waals surface area contributed by atoms with Crippen LogP contribution in [-0.4, -0.2) is 31.0 Å². The number of methoxy groups -OCH3 is 1. The van der Waals surface area contributed by atoms with E-state index in [4.69, 9.17) is 4.74 Å². The van der Waals surface area contributed by atoms with Gasteiger partial charge in [0.25, 0.3) is 0 Å². The molecule has 6 heteroatoms. The predicted molar refractivity (Wildman–Crippen MR) is 93.8 cm³/mol. The summed E-state index contributed by atoms with van der Waals surface area (Å²) in [4.78, 5) is 35.9. The molecule has 0 aliphatic carbocycles. The summed E-state index contributed by atoms with van der Waals surface area (Å²) in [6, 6.07) is 8.61. The van der Waals surface area contributed by atoms with Gasteiger partial charge >= 0.3 is 12.1 Å². The average Bonchev–Trinajstić information content (AvgIpc) is 2.59. The monoisotopic (exact) mass is 349 g/mol. The molecule has 0 aromatic heterocycles. The van der Waals surface area contributed by atoms with Gasteiger partial charge in [-0.25, -0.2) is 4.79 Å². The lowest BCUT2D eigenvalue weighted by molar-refractivity contribution is -0.146. The topological polar surface area (TPSA) is 81.7 Å². The molecule has 6 nitrogen and oxygen atoms in total. The number of carbonyl (C=O) groups excluding carboxylic acids is 3. The lowest BCUT2D eigenvalue weighted by Crippen LogP contribution is -2.42. The van der Waals surface area contributed by atoms with Crippen molar-refractivity contribution < 1.29 is 23.9 Å². The highest BCUT2D eigenvalue weighted by atomic mass is 16.5. The molecular formula is C19H27NO5. The number of hydrogen-bond acceptors (Lipinski definition) is 5. The van der Waals surface area contributed by atoms with E-state index < -0.39 is 24.0 Å². The van der Waals surface area contributed by atoms with Crippen molar-refractivity contribution in [2.45, 2.75) is 46.3 Å². The fraction of sp³-hybridized carbons (Fsp3) is 0.526. The third kappa shape index (κ3) is 7.83. The van der Waals surface area contributed by atoms with Gasteiger partial charge in [-0.1, -0.05) is 51.1 Å². The first kappa shape index (κ1) is 20.7. The molecule has 0 spiro atoms. The summed E-state index contributed by atoms with van der Waals surface area (Å²) in [5, 5.41) is 2.62. The maximum atomic E-state index is 12.4. The van der Waals surface area contributed by atoms with Crippen LogP contribution in [0.4, 0.5) is 4.79 Å². The molecule has 0 bridgehead atoms. The Morgan fingerprint density at radius 2 is 1.72 bits per heavy atom. The van der Waals surface area contributed by atoms with Crippen LogP contribution in [0.1, 0.15) is 39.2 Å². The van der Waals surface area contributed by atoms with Crippen molar-refractivity contribution in [3.63, 3.8) is 0 Å². The fourth-order valence-electron chi connectivity index (χ4n) is 2.38. The van der Waals surface area contributed by atoms with Gasteiger partial charge < -0.3 is 14.8 Å². The van der Waals surface area contributed by atoms with Crippen LogP contribution in [0.3, 0.4) is 0 Å². The number of nitrogens with one attached hydrogen (secondary N) is 1. The lowest BCUT2D eigenvalue weighted by atomic mass is 9.94. The summed E-state index contributed by atoms with van der Waals surface area (Å²) in [7, 11) is 1.29. The minimum absolute atomic E-state index is 0.0169. The van der Waals surface area contributed by atoms with E-state index in [0.29, 0.717) is 6.42 Å². The van der Waals surface area contributed by atoms with Crippen LogP contribution in [0.25, 0.3) is 0 Å². The zero-order valence-electron chi connectivity index (χ0n) is 15.3. The van der Waals surface area contributed by atoms with Gasteiger partial charge in [0.05, 0.1) is 19.1 Å². The molecule has 1 aromatic rings. The highest BCUT2D eigenvalue weighted by molar-refractivity contribution is 5.90. The minimum Gasteiger partial charge on any atom is -0.469 e.